The molecule has 0 bridgehead atoms. The second-order valence-electron chi connectivity index (χ2n) is 7.05. The van der Waals surface area contributed by atoms with Crippen LogP contribution in [-0.2, 0) is 4.74 Å². The maximum atomic E-state index is 11.5. The largest absolute Gasteiger partial charge is 0.444 e. The van der Waals surface area contributed by atoms with Gasteiger partial charge in [-0.1, -0.05) is 26.5 Å². The first-order valence-corrected chi connectivity index (χ1v) is 8.72. The molecule has 0 heterocycles. The predicted octanol–water partition coefficient (Wildman–Crippen LogP) is 4.07. The summed E-state index contributed by atoms with van der Waals surface area (Å²) < 4.78 is 5.19. The molecule has 5 nitrogen and oxygen atoms in total. The van der Waals surface area contributed by atoms with Crippen LogP contribution in [0.5, 0.6) is 0 Å². The van der Waals surface area contributed by atoms with E-state index in [0.717, 1.165) is 30.7 Å². The minimum Gasteiger partial charge on any atom is -0.444 e. The van der Waals surface area contributed by atoms with Crippen molar-refractivity contribution in [2.75, 3.05) is 19.6 Å². The van der Waals surface area contributed by atoms with Crippen LogP contribution in [0.15, 0.2) is 29.4 Å². The van der Waals surface area contributed by atoms with E-state index in [4.69, 9.17) is 4.74 Å². The van der Waals surface area contributed by atoms with Gasteiger partial charge < -0.3 is 15.4 Å². The van der Waals surface area contributed by atoms with Gasteiger partial charge in [-0.05, 0) is 58.6 Å². The van der Waals surface area contributed by atoms with Crippen LogP contribution < -0.4 is 10.6 Å². The molecule has 0 spiro atoms. The molecule has 0 aromatic heterocycles. The van der Waals surface area contributed by atoms with Crippen molar-refractivity contribution in [3.05, 3.63) is 24.4 Å². The van der Waals surface area contributed by atoms with E-state index in [1.54, 1.807) is 6.20 Å². The van der Waals surface area contributed by atoms with E-state index in [1.807, 2.05) is 33.8 Å². The first kappa shape index (κ1) is 22.4. The maximum Gasteiger partial charge on any atom is 0.407 e. The number of alkyl carbamates (subject to hydrolysis) is 1. The van der Waals surface area contributed by atoms with E-state index >= 15 is 0 Å². The van der Waals surface area contributed by atoms with Crippen LogP contribution in [0.3, 0.4) is 0 Å². The molecule has 0 unspecified atom stereocenters. The molecule has 0 fully saturated rings. The Morgan fingerprint density at radius 2 is 1.88 bits per heavy atom. The lowest BCUT2D eigenvalue weighted by Gasteiger charge is -2.19. The van der Waals surface area contributed by atoms with Crippen molar-refractivity contribution in [3.8, 4) is 0 Å². The summed E-state index contributed by atoms with van der Waals surface area (Å²) in [5.74, 6) is 0.383. The second kappa shape index (κ2) is 11.8. The zero-order valence-electron chi connectivity index (χ0n) is 16.2. The Kier molecular flexibility index (Phi) is 11.0. The molecule has 1 amide bonds. The fraction of sp³-hybridized carbons (Fsp3) is 0.684. The number of hydrogen-bond donors (Lipinski definition) is 2. The van der Waals surface area contributed by atoms with Gasteiger partial charge in [0.2, 0.25) is 0 Å². The van der Waals surface area contributed by atoms with Gasteiger partial charge in [0.05, 0.1) is 5.71 Å². The highest BCUT2D eigenvalue weighted by Crippen LogP contribution is 2.09. The Labute approximate surface area is 147 Å². The first-order chi connectivity index (χ1) is 11.2. The highest BCUT2D eigenvalue weighted by Gasteiger charge is 2.15. The summed E-state index contributed by atoms with van der Waals surface area (Å²) in [7, 11) is 0. The maximum absolute atomic E-state index is 11.5. The molecule has 0 aliphatic heterocycles. The number of nitrogens with zero attached hydrogens (tertiary/aromatic N) is 1. The number of allylic oxidation sites excluding steroid dienone is 1. The Bertz CT molecular complexity index is 446. The lowest BCUT2D eigenvalue weighted by Crippen LogP contribution is -2.33. The minimum absolute atomic E-state index is 0.357. The first-order valence-electron chi connectivity index (χ1n) is 8.72. The van der Waals surface area contributed by atoms with Gasteiger partial charge >= 0.3 is 6.09 Å². The summed E-state index contributed by atoms with van der Waals surface area (Å²) >= 11 is 0. The van der Waals surface area contributed by atoms with Gasteiger partial charge in [-0.25, -0.2) is 4.79 Å². The third-order valence-electron chi connectivity index (χ3n) is 3.19. The summed E-state index contributed by atoms with van der Waals surface area (Å²) in [6.45, 7) is 18.1. The number of carbonyl (C=O) groups excluding carboxylic acids is 1. The molecule has 0 aliphatic carbocycles. The van der Waals surface area contributed by atoms with Gasteiger partial charge in [0.1, 0.15) is 5.60 Å². The molecule has 0 radical (unpaired) electrons. The number of unbranched alkanes of at least 4 members (excludes halogenated alkanes) is 1. The summed E-state index contributed by atoms with van der Waals surface area (Å²) in [6, 6.07) is 0. The van der Waals surface area contributed by atoms with Crippen LogP contribution in [0.2, 0.25) is 0 Å². The Morgan fingerprint density at radius 3 is 2.42 bits per heavy atom. The normalized spacial score (nSPS) is 12.7. The molecule has 0 aromatic carbocycles. The lowest BCUT2D eigenvalue weighted by atomic mass is 10.00. The monoisotopic (exact) mass is 337 g/mol. The van der Waals surface area contributed by atoms with Crippen molar-refractivity contribution in [3.63, 3.8) is 0 Å². The Morgan fingerprint density at radius 1 is 1.25 bits per heavy atom. The molecular formula is C19H35N3O2. The van der Waals surface area contributed by atoms with E-state index in [2.05, 4.69) is 36.1 Å². The highest BCUT2D eigenvalue weighted by atomic mass is 16.6. The number of amides is 1. The van der Waals surface area contributed by atoms with Gasteiger partial charge in [0, 0.05) is 19.3 Å². The lowest BCUT2D eigenvalue weighted by molar-refractivity contribution is 0.0527. The minimum atomic E-state index is -0.451. The van der Waals surface area contributed by atoms with Gasteiger partial charge in [0.25, 0.3) is 0 Å². The number of ether oxygens (including phenoxy) is 1. The third-order valence-corrected chi connectivity index (χ3v) is 3.19. The average Bonchev–Trinajstić information content (AvgIpc) is 2.46. The molecule has 24 heavy (non-hydrogen) atoms. The predicted molar refractivity (Wildman–Crippen MR) is 103 cm³/mol. The van der Waals surface area contributed by atoms with E-state index in [-0.39, 0.29) is 6.09 Å². The Balaban J connectivity index is 3.95. The molecule has 0 atom stereocenters. The van der Waals surface area contributed by atoms with Crippen molar-refractivity contribution in [2.24, 2.45) is 10.9 Å². The fourth-order valence-electron chi connectivity index (χ4n) is 1.83. The van der Waals surface area contributed by atoms with Crippen LogP contribution in [0.4, 0.5) is 4.79 Å². The smallest absolute Gasteiger partial charge is 0.407 e. The van der Waals surface area contributed by atoms with Crippen LogP contribution in [-0.4, -0.2) is 37.0 Å². The van der Waals surface area contributed by atoms with E-state index in [1.165, 1.54) is 0 Å². The van der Waals surface area contributed by atoms with Crippen LogP contribution in [0, 0.1) is 5.92 Å². The van der Waals surface area contributed by atoms with Crippen molar-refractivity contribution < 1.29 is 9.53 Å². The summed E-state index contributed by atoms with van der Waals surface area (Å²) in [5, 5.41) is 6.15. The summed E-state index contributed by atoms with van der Waals surface area (Å²) in [4.78, 5) is 16.0. The van der Waals surface area contributed by atoms with E-state index in [0.29, 0.717) is 19.0 Å². The zero-order valence-corrected chi connectivity index (χ0v) is 16.2. The topological polar surface area (TPSA) is 62.7 Å². The second-order valence-corrected chi connectivity index (χ2v) is 7.05. The van der Waals surface area contributed by atoms with Crippen LogP contribution in [0.25, 0.3) is 0 Å². The van der Waals surface area contributed by atoms with Crippen molar-refractivity contribution >= 4 is 11.8 Å². The number of rotatable bonds is 10. The van der Waals surface area contributed by atoms with Gasteiger partial charge in [0.15, 0.2) is 0 Å². The fourth-order valence-corrected chi connectivity index (χ4v) is 1.83. The highest BCUT2D eigenvalue weighted by molar-refractivity contribution is 6.01. The number of carbonyl (C=O) groups is 1. The Hall–Kier alpha value is -1.62. The summed E-state index contributed by atoms with van der Waals surface area (Å²) in [5.41, 5.74) is 1.61. The van der Waals surface area contributed by atoms with Gasteiger partial charge in [-0.15, -0.1) is 0 Å². The standard InChI is InChI=1S/C19H35N3O2/c1-8-11-21-17(16(4)15(2)3)14-20-12-9-10-13-22-18(23)24-19(5,6)7/h8,11,15,20H,4,9-10,12-14H2,1-3,5-7H3,(H,22,23)/b11-8-,21-17?. The molecule has 5 heteroatoms. The zero-order chi connectivity index (χ0) is 18.6. The molecule has 138 valence electrons. The number of aliphatic imine (C=N–C) groups is 1. The van der Waals surface area contributed by atoms with Crippen LogP contribution >= 0.6 is 0 Å². The van der Waals surface area contributed by atoms with Crippen molar-refractivity contribution in [1.29, 1.82) is 0 Å². The average molecular weight is 338 g/mol. The molecule has 0 aliphatic rings. The molecule has 0 aromatic rings. The quantitative estimate of drug-likeness (QED) is 0.466. The van der Waals surface area contributed by atoms with Crippen molar-refractivity contribution in [2.45, 2.75) is 60.0 Å². The molecule has 0 rings (SSSR count). The molecule has 2 N–H and O–H groups in total. The molecular weight excluding hydrogens is 302 g/mol. The van der Waals surface area contributed by atoms with Gasteiger partial charge in [-0.3, -0.25) is 4.99 Å². The number of nitrogens with one attached hydrogen (secondary N) is 2. The SMILES string of the molecule is C=C(C(CNCCCCNC(=O)OC(C)(C)C)=N/C=C\C)C(C)C. The van der Waals surface area contributed by atoms with Crippen molar-refractivity contribution in [1.82, 2.24) is 10.6 Å². The van der Waals surface area contributed by atoms with Crippen LogP contribution in [0.1, 0.15) is 54.4 Å². The molecule has 0 saturated heterocycles. The van der Waals surface area contributed by atoms with E-state index < -0.39 is 5.60 Å². The molecule has 0 saturated carbocycles. The van der Waals surface area contributed by atoms with E-state index in [9.17, 15) is 4.79 Å². The third kappa shape index (κ3) is 11.9. The van der Waals surface area contributed by atoms with Gasteiger partial charge in [-0.2, -0.15) is 0 Å². The number of hydrogen-bond acceptors (Lipinski definition) is 4. The summed E-state index contributed by atoms with van der Waals surface area (Å²) in [6.07, 6.45) is 5.23.